The lowest BCUT2D eigenvalue weighted by Gasteiger charge is -2.21. The number of methoxy groups -OCH3 is 1. The fourth-order valence-electron chi connectivity index (χ4n) is 2.41. The van der Waals surface area contributed by atoms with Crippen molar-refractivity contribution in [1.29, 1.82) is 0 Å². The molecule has 0 aliphatic carbocycles. The van der Waals surface area contributed by atoms with E-state index in [1.54, 1.807) is 38.2 Å². The number of nitrogens with zero attached hydrogens (tertiary/aromatic N) is 1. The molecule has 25 heavy (non-hydrogen) atoms. The van der Waals surface area contributed by atoms with Gasteiger partial charge in [0.25, 0.3) is 0 Å². The van der Waals surface area contributed by atoms with Gasteiger partial charge in [0.1, 0.15) is 17.8 Å². The van der Waals surface area contributed by atoms with E-state index in [4.69, 9.17) is 21.1 Å². The molecule has 134 valence electrons. The van der Waals surface area contributed by atoms with Crippen LogP contribution in [0.15, 0.2) is 42.5 Å². The van der Waals surface area contributed by atoms with Gasteiger partial charge in [-0.25, -0.2) is 4.39 Å². The largest absolute Gasteiger partial charge is 0.493 e. The molecule has 1 unspecified atom stereocenters. The number of hydrogen-bond donors (Lipinski definition) is 0. The average molecular weight is 366 g/mol. The molecule has 0 N–H and O–H groups in total. The van der Waals surface area contributed by atoms with Crippen LogP contribution >= 0.6 is 11.6 Å². The van der Waals surface area contributed by atoms with Gasteiger partial charge in [-0.2, -0.15) is 0 Å². The number of amides is 1. The molecule has 1 amide bonds. The first-order valence-electron chi connectivity index (χ1n) is 7.85. The van der Waals surface area contributed by atoms with Gasteiger partial charge in [-0.3, -0.25) is 4.79 Å². The molecule has 0 aliphatic rings. The number of carbonyl (C=O) groups is 1. The molecule has 0 heterocycles. The summed E-state index contributed by atoms with van der Waals surface area (Å²) in [5, 5.41) is -0.613. The summed E-state index contributed by atoms with van der Waals surface area (Å²) in [6, 6.07) is 11.8. The second kappa shape index (κ2) is 8.72. The summed E-state index contributed by atoms with van der Waals surface area (Å²) in [7, 11) is 3.20. The third kappa shape index (κ3) is 4.86. The molecule has 0 bridgehead atoms. The summed E-state index contributed by atoms with van der Waals surface area (Å²) < 4.78 is 25.0. The Labute approximate surface area is 152 Å². The summed E-state index contributed by atoms with van der Waals surface area (Å²) in [6.07, 6.45) is 0. The van der Waals surface area contributed by atoms with Crippen molar-refractivity contribution in [2.24, 2.45) is 0 Å². The monoisotopic (exact) mass is 365 g/mol. The van der Waals surface area contributed by atoms with Crippen LogP contribution in [-0.4, -0.2) is 30.3 Å². The lowest BCUT2D eigenvalue weighted by molar-refractivity contribution is -0.129. The van der Waals surface area contributed by atoms with Crippen molar-refractivity contribution in [3.05, 3.63) is 59.4 Å². The standard InChI is InChI=1S/C19H21ClFNO3/c1-13(20)19(23)22(2)11-14-8-6-10-17(24-3)18(14)25-12-15-7-4-5-9-16(15)21/h4-10,13H,11-12H2,1-3H3. The quantitative estimate of drug-likeness (QED) is 0.696. The zero-order valence-corrected chi connectivity index (χ0v) is 15.2. The zero-order valence-electron chi connectivity index (χ0n) is 14.5. The maximum atomic E-state index is 13.8. The van der Waals surface area contributed by atoms with E-state index in [2.05, 4.69) is 0 Å². The van der Waals surface area contributed by atoms with Crippen molar-refractivity contribution < 1.29 is 18.7 Å². The van der Waals surface area contributed by atoms with Gasteiger partial charge in [-0.15, -0.1) is 11.6 Å². The van der Waals surface area contributed by atoms with Gasteiger partial charge in [0.05, 0.1) is 7.11 Å². The van der Waals surface area contributed by atoms with E-state index in [9.17, 15) is 9.18 Å². The highest BCUT2D eigenvalue weighted by atomic mass is 35.5. The minimum atomic E-state index is -0.613. The molecule has 2 aromatic rings. The molecule has 6 heteroatoms. The first-order chi connectivity index (χ1) is 11.9. The second-order valence-corrected chi connectivity index (χ2v) is 6.29. The van der Waals surface area contributed by atoms with E-state index in [0.29, 0.717) is 23.6 Å². The predicted octanol–water partition coefficient (Wildman–Crippen LogP) is 4.00. The Kier molecular flexibility index (Phi) is 6.65. The molecule has 0 spiro atoms. The first-order valence-corrected chi connectivity index (χ1v) is 8.28. The van der Waals surface area contributed by atoms with Crippen molar-refractivity contribution in [2.45, 2.75) is 25.5 Å². The maximum Gasteiger partial charge on any atom is 0.240 e. The van der Waals surface area contributed by atoms with E-state index in [-0.39, 0.29) is 18.3 Å². The lowest BCUT2D eigenvalue weighted by Crippen LogP contribution is -2.31. The van der Waals surface area contributed by atoms with Crippen LogP contribution in [0, 0.1) is 5.82 Å². The van der Waals surface area contributed by atoms with Gasteiger partial charge in [0, 0.05) is 24.7 Å². The van der Waals surface area contributed by atoms with Gasteiger partial charge in [-0.1, -0.05) is 30.3 Å². The minimum absolute atomic E-state index is 0.0591. The van der Waals surface area contributed by atoms with Crippen LogP contribution in [0.25, 0.3) is 0 Å². The van der Waals surface area contributed by atoms with Gasteiger partial charge >= 0.3 is 0 Å². The normalized spacial score (nSPS) is 11.7. The Balaban J connectivity index is 2.23. The Morgan fingerprint density at radius 1 is 1.20 bits per heavy atom. The molecule has 1 atom stereocenters. The van der Waals surface area contributed by atoms with Crippen molar-refractivity contribution in [2.75, 3.05) is 14.2 Å². The number of hydrogen-bond acceptors (Lipinski definition) is 3. The fraction of sp³-hybridized carbons (Fsp3) is 0.316. The van der Waals surface area contributed by atoms with Crippen LogP contribution in [0.3, 0.4) is 0 Å². The van der Waals surface area contributed by atoms with Gasteiger partial charge in [0.15, 0.2) is 11.5 Å². The predicted molar refractivity (Wildman–Crippen MR) is 95.5 cm³/mol. The molecule has 4 nitrogen and oxygen atoms in total. The highest BCUT2D eigenvalue weighted by molar-refractivity contribution is 6.30. The first kappa shape index (κ1) is 19.1. The molecular formula is C19H21ClFNO3. The molecule has 0 saturated carbocycles. The SMILES string of the molecule is COc1cccc(CN(C)C(=O)C(C)Cl)c1OCc1ccccc1F. The smallest absolute Gasteiger partial charge is 0.240 e. The third-order valence-electron chi connectivity index (χ3n) is 3.73. The Hall–Kier alpha value is -2.27. The molecule has 0 saturated heterocycles. The Morgan fingerprint density at radius 3 is 2.52 bits per heavy atom. The van der Waals surface area contributed by atoms with E-state index >= 15 is 0 Å². The van der Waals surface area contributed by atoms with Crippen molar-refractivity contribution in [3.63, 3.8) is 0 Å². The molecule has 0 fully saturated rings. The molecular weight excluding hydrogens is 345 g/mol. The Morgan fingerprint density at radius 2 is 1.88 bits per heavy atom. The minimum Gasteiger partial charge on any atom is -0.493 e. The highest BCUT2D eigenvalue weighted by Gasteiger charge is 2.18. The van der Waals surface area contributed by atoms with E-state index in [1.165, 1.54) is 18.1 Å². The van der Waals surface area contributed by atoms with Crippen LogP contribution in [0.5, 0.6) is 11.5 Å². The van der Waals surface area contributed by atoms with Crippen LogP contribution < -0.4 is 9.47 Å². The van der Waals surface area contributed by atoms with Crippen LogP contribution in [0.4, 0.5) is 4.39 Å². The van der Waals surface area contributed by atoms with E-state index in [1.807, 2.05) is 12.1 Å². The molecule has 2 aromatic carbocycles. The van der Waals surface area contributed by atoms with Crippen molar-refractivity contribution in [1.82, 2.24) is 4.90 Å². The lowest BCUT2D eigenvalue weighted by atomic mass is 10.1. The summed E-state index contributed by atoms with van der Waals surface area (Å²) >= 11 is 5.86. The number of para-hydroxylation sites is 1. The molecule has 2 rings (SSSR count). The van der Waals surface area contributed by atoms with E-state index < -0.39 is 5.38 Å². The van der Waals surface area contributed by atoms with Gasteiger partial charge in [-0.05, 0) is 19.1 Å². The molecule has 0 aliphatic heterocycles. The van der Waals surface area contributed by atoms with E-state index in [0.717, 1.165) is 5.56 Å². The molecule has 0 aromatic heterocycles. The zero-order chi connectivity index (χ0) is 18.4. The van der Waals surface area contributed by atoms with Crippen LogP contribution in [0.1, 0.15) is 18.1 Å². The summed E-state index contributed by atoms with van der Waals surface area (Å²) in [4.78, 5) is 13.5. The van der Waals surface area contributed by atoms with Crippen molar-refractivity contribution >= 4 is 17.5 Å². The third-order valence-corrected chi connectivity index (χ3v) is 3.92. The topological polar surface area (TPSA) is 38.8 Å². The second-order valence-electron chi connectivity index (χ2n) is 5.64. The number of halogens is 2. The number of ether oxygens (including phenoxy) is 2. The number of carbonyl (C=O) groups excluding carboxylic acids is 1. The van der Waals surface area contributed by atoms with Gasteiger partial charge in [0.2, 0.25) is 5.91 Å². The van der Waals surface area contributed by atoms with Crippen LogP contribution in [0.2, 0.25) is 0 Å². The van der Waals surface area contributed by atoms with Crippen LogP contribution in [-0.2, 0) is 17.9 Å². The fourth-order valence-corrected chi connectivity index (χ4v) is 2.58. The summed E-state index contributed by atoms with van der Waals surface area (Å²) in [5.41, 5.74) is 1.20. The number of rotatable bonds is 7. The maximum absolute atomic E-state index is 13.8. The van der Waals surface area contributed by atoms with Crippen molar-refractivity contribution in [3.8, 4) is 11.5 Å². The molecule has 0 radical (unpaired) electrons. The van der Waals surface area contributed by atoms with Gasteiger partial charge < -0.3 is 14.4 Å². The number of benzene rings is 2. The highest BCUT2D eigenvalue weighted by Crippen LogP contribution is 2.33. The summed E-state index contributed by atoms with van der Waals surface area (Å²) in [5.74, 6) is 0.482. The Bertz CT molecular complexity index is 736. The summed E-state index contributed by atoms with van der Waals surface area (Å²) in [6.45, 7) is 1.99. The average Bonchev–Trinajstić information content (AvgIpc) is 2.60. The number of alkyl halides is 1.